The van der Waals surface area contributed by atoms with Crippen LogP contribution in [0.1, 0.15) is 31.8 Å². The van der Waals surface area contributed by atoms with E-state index in [1.54, 1.807) is 24.3 Å². The molecular weight excluding hydrogens is 370 g/mol. The Morgan fingerprint density at radius 3 is 2.14 bits per heavy atom. The van der Waals surface area contributed by atoms with Crippen LogP contribution in [0.4, 0.5) is 5.69 Å². The van der Waals surface area contributed by atoms with Crippen molar-refractivity contribution >= 4 is 43.2 Å². The van der Waals surface area contributed by atoms with Gasteiger partial charge in [0.1, 0.15) is 0 Å². The molecule has 7 heteroatoms. The molecule has 1 aliphatic rings. The Balaban J connectivity index is 2.30. The predicted octanol–water partition coefficient (Wildman–Crippen LogP) is 2.60. The third-order valence-corrected chi connectivity index (χ3v) is 4.34. The molecule has 0 aliphatic heterocycles. The van der Waals surface area contributed by atoms with Gasteiger partial charge in [-0.15, -0.1) is 0 Å². The molecule has 1 N–H and O–H groups in total. The Morgan fingerprint density at radius 2 is 1.55 bits per heavy atom. The lowest BCUT2D eigenvalue weighted by Crippen LogP contribution is -2.23. The number of rotatable bonds is 2. The average Bonchev–Trinajstić information content (AvgIpc) is 2.42. The molecule has 0 saturated carbocycles. The van der Waals surface area contributed by atoms with E-state index in [1.165, 1.54) is 12.1 Å². The van der Waals surface area contributed by atoms with Gasteiger partial charge in [-0.05, 0) is 12.1 Å². The highest BCUT2D eigenvalue weighted by Crippen LogP contribution is 2.34. The first-order valence-electron chi connectivity index (χ1n) is 6.27. The Kier molecular flexibility index (Phi) is 3.41. The van der Waals surface area contributed by atoms with E-state index in [-0.39, 0.29) is 33.9 Å². The number of sulfonamides is 1. The van der Waals surface area contributed by atoms with Gasteiger partial charge < -0.3 is 0 Å². The molecule has 112 valence electrons. The Bertz CT molecular complexity index is 935. The van der Waals surface area contributed by atoms with E-state index < -0.39 is 10.0 Å². The standard InChI is InChI=1S/C15H10BrNO4S/c1-22(20,21)17-12-7-8(16)6-11-13(12)15(19)10-5-3-2-4-9(10)14(11)18/h2-7,17H,1H3. The number of fused-ring (bicyclic) bond motifs is 2. The number of ketones is 2. The number of anilines is 1. The zero-order valence-corrected chi connectivity index (χ0v) is 13.8. The molecule has 3 rings (SSSR count). The molecular formula is C15H10BrNO4S. The van der Waals surface area contributed by atoms with Gasteiger partial charge >= 0.3 is 0 Å². The SMILES string of the molecule is CS(=O)(=O)Nc1cc(Br)cc2c1C(=O)c1ccccc1C2=O. The molecule has 5 nitrogen and oxygen atoms in total. The van der Waals surface area contributed by atoms with Crippen LogP contribution in [-0.2, 0) is 10.0 Å². The van der Waals surface area contributed by atoms with Crippen molar-refractivity contribution in [3.8, 4) is 0 Å². The van der Waals surface area contributed by atoms with Gasteiger partial charge in [0.05, 0.1) is 17.5 Å². The van der Waals surface area contributed by atoms with Crippen LogP contribution >= 0.6 is 15.9 Å². The number of benzene rings is 2. The lowest BCUT2D eigenvalue weighted by atomic mass is 9.83. The molecule has 2 aromatic carbocycles. The molecule has 0 aromatic heterocycles. The minimum absolute atomic E-state index is 0.0809. The number of carbonyl (C=O) groups excluding carboxylic acids is 2. The van der Waals surface area contributed by atoms with Gasteiger partial charge in [-0.1, -0.05) is 40.2 Å². The van der Waals surface area contributed by atoms with Crippen LogP contribution in [0.5, 0.6) is 0 Å². The third kappa shape index (κ3) is 2.46. The molecule has 22 heavy (non-hydrogen) atoms. The van der Waals surface area contributed by atoms with Crippen molar-refractivity contribution in [2.24, 2.45) is 0 Å². The van der Waals surface area contributed by atoms with Crippen LogP contribution < -0.4 is 4.72 Å². The highest BCUT2D eigenvalue weighted by Gasteiger charge is 2.32. The molecule has 0 fully saturated rings. The van der Waals surface area contributed by atoms with E-state index in [9.17, 15) is 18.0 Å². The quantitative estimate of drug-likeness (QED) is 0.741. The fraction of sp³-hybridized carbons (Fsp3) is 0.0667. The monoisotopic (exact) mass is 379 g/mol. The summed E-state index contributed by atoms with van der Waals surface area (Å²) in [5, 5.41) is 0. The molecule has 0 atom stereocenters. The molecule has 1 aliphatic carbocycles. The summed E-state index contributed by atoms with van der Waals surface area (Å²) in [6.07, 6.45) is 0.989. The second kappa shape index (κ2) is 5.03. The molecule has 0 unspecified atom stereocenters. The second-order valence-corrected chi connectivity index (χ2v) is 7.62. The molecule has 0 spiro atoms. The van der Waals surface area contributed by atoms with Gasteiger partial charge in [-0.25, -0.2) is 8.42 Å². The molecule has 0 bridgehead atoms. The summed E-state index contributed by atoms with van der Waals surface area (Å²) in [5.74, 6) is -0.674. The fourth-order valence-corrected chi connectivity index (χ4v) is 3.49. The number of carbonyl (C=O) groups is 2. The predicted molar refractivity (Wildman–Crippen MR) is 85.9 cm³/mol. The van der Waals surface area contributed by atoms with E-state index in [0.29, 0.717) is 10.0 Å². The molecule has 0 heterocycles. The summed E-state index contributed by atoms with van der Waals surface area (Å²) >= 11 is 3.24. The maximum atomic E-state index is 12.7. The molecule has 0 amide bonds. The molecule has 0 saturated heterocycles. The normalized spacial score (nSPS) is 13.5. The van der Waals surface area contributed by atoms with Gasteiger partial charge in [0, 0.05) is 21.2 Å². The summed E-state index contributed by atoms with van der Waals surface area (Å²) in [4.78, 5) is 25.2. The summed E-state index contributed by atoms with van der Waals surface area (Å²) in [6.45, 7) is 0. The van der Waals surface area contributed by atoms with Crippen LogP contribution in [-0.4, -0.2) is 26.2 Å². The zero-order chi connectivity index (χ0) is 16.1. The van der Waals surface area contributed by atoms with Gasteiger partial charge in [0.25, 0.3) is 0 Å². The first-order valence-corrected chi connectivity index (χ1v) is 8.96. The molecule has 0 radical (unpaired) electrons. The van der Waals surface area contributed by atoms with Crippen molar-refractivity contribution in [2.45, 2.75) is 0 Å². The van der Waals surface area contributed by atoms with Crippen LogP contribution in [0.3, 0.4) is 0 Å². The zero-order valence-electron chi connectivity index (χ0n) is 11.4. The van der Waals surface area contributed by atoms with E-state index in [0.717, 1.165) is 6.26 Å². The van der Waals surface area contributed by atoms with Crippen LogP contribution in [0.25, 0.3) is 0 Å². The van der Waals surface area contributed by atoms with Crippen LogP contribution in [0, 0.1) is 0 Å². The number of hydrogen-bond acceptors (Lipinski definition) is 4. The van der Waals surface area contributed by atoms with Crippen molar-refractivity contribution < 1.29 is 18.0 Å². The third-order valence-electron chi connectivity index (χ3n) is 3.29. The van der Waals surface area contributed by atoms with Gasteiger partial charge in [-0.2, -0.15) is 0 Å². The maximum Gasteiger partial charge on any atom is 0.229 e. The Morgan fingerprint density at radius 1 is 0.955 bits per heavy atom. The highest BCUT2D eigenvalue weighted by atomic mass is 79.9. The smallest absolute Gasteiger partial charge is 0.229 e. The van der Waals surface area contributed by atoms with Crippen LogP contribution in [0.15, 0.2) is 40.9 Å². The van der Waals surface area contributed by atoms with Gasteiger partial charge in [-0.3, -0.25) is 14.3 Å². The van der Waals surface area contributed by atoms with E-state index in [1.807, 2.05) is 0 Å². The Hall–Kier alpha value is -1.99. The summed E-state index contributed by atoms with van der Waals surface area (Å²) in [7, 11) is -3.58. The fourth-order valence-electron chi connectivity index (χ4n) is 2.47. The van der Waals surface area contributed by atoms with E-state index in [2.05, 4.69) is 20.7 Å². The van der Waals surface area contributed by atoms with Crippen molar-refractivity contribution in [1.82, 2.24) is 0 Å². The second-order valence-electron chi connectivity index (χ2n) is 4.95. The summed E-state index contributed by atoms with van der Waals surface area (Å²) in [6, 6.07) is 9.49. The van der Waals surface area contributed by atoms with Crippen molar-refractivity contribution in [1.29, 1.82) is 0 Å². The van der Waals surface area contributed by atoms with E-state index in [4.69, 9.17) is 0 Å². The van der Waals surface area contributed by atoms with Crippen molar-refractivity contribution in [2.75, 3.05) is 11.0 Å². The first-order chi connectivity index (χ1) is 10.3. The minimum Gasteiger partial charge on any atom is -0.289 e. The lowest BCUT2D eigenvalue weighted by molar-refractivity contribution is 0.0979. The average molecular weight is 380 g/mol. The van der Waals surface area contributed by atoms with Crippen molar-refractivity contribution in [3.63, 3.8) is 0 Å². The van der Waals surface area contributed by atoms with Gasteiger partial charge in [0.15, 0.2) is 11.6 Å². The largest absolute Gasteiger partial charge is 0.289 e. The van der Waals surface area contributed by atoms with Crippen LogP contribution in [0.2, 0.25) is 0 Å². The number of hydrogen-bond donors (Lipinski definition) is 1. The maximum absolute atomic E-state index is 12.7. The molecule has 2 aromatic rings. The highest BCUT2D eigenvalue weighted by molar-refractivity contribution is 9.10. The van der Waals surface area contributed by atoms with Gasteiger partial charge in [0.2, 0.25) is 10.0 Å². The number of halogens is 1. The minimum atomic E-state index is -3.58. The summed E-state index contributed by atoms with van der Waals surface area (Å²) < 4.78 is 25.8. The lowest BCUT2D eigenvalue weighted by Gasteiger charge is -2.20. The van der Waals surface area contributed by atoms with Crippen molar-refractivity contribution in [3.05, 3.63) is 63.1 Å². The Labute approximate surface area is 135 Å². The number of nitrogens with one attached hydrogen (secondary N) is 1. The summed E-state index contributed by atoms with van der Waals surface area (Å²) in [5.41, 5.74) is 0.962. The topological polar surface area (TPSA) is 80.3 Å². The van der Waals surface area contributed by atoms with E-state index >= 15 is 0 Å². The first kappa shape index (κ1) is 14.9.